The topological polar surface area (TPSA) is 119 Å². The number of carboxylic acids is 1. The Hall–Kier alpha value is -2.39. The highest BCUT2D eigenvalue weighted by Crippen LogP contribution is 2.31. The molecule has 0 aliphatic carbocycles. The molecule has 0 saturated carbocycles. The van der Waals surface area contributed by atoms with E-state index in [0.29, 0.717) is 11.3 Å². The number of hydrogen-bond acceptors (Lipinski definition) is 6. The molecule has 2 aromatic rings. The largest absolute Gasteiger partial charge is 0.497 e. The molecule has 124 valence electrons. The number of carbonyl (C=O) groups is 1. The maximum atomic E-state index is 11.4. The van der Waals surface area contributed by atoms with Gasteiger partial charge < -0.3 is 14.4 Å². The van der Waals surface area contributed by atoms with Crippen LogP contribution in [0.25, 0.3) is 11.3 Å². The van der Waals surface area contributed by atoms with Gasteiger partial charge >= 0.3 is 5.97 Å². The lowest BCUT2D eigenvalue weighted by atomic mass is 10.0. The van der Waals surface area contributed by atoms with Crippen molar-refractivity contribution in [3.05, 3.63) is 35.6 Å². The van der Waals surface area contributed by atoms with Crippen molar-refractivity contribution < 1.29 is 27.6 Å². The van der Waals surface area contributed by atoms with Gasteiger partial charge in [-0.3, -0.25) is 0 Å². The molecule has 0 aliphatic heterocycles. The van der Waals surface area contributed by atoms with Crippen molar-refractivity contribution in [2.24, 2.45) is 0 Å². The van der Waals surface area contributed by atoms with Gasteiger partial charge in [-0.1, -0.05) is 5.16 Å². The zero-order valence-electron chi connectivity index (χ0n) is 12.7. The molecule has 0 fully saturated rings. The van der Waals surface area contributed by atoms with Gasteiger partial charge in [-0.2, -0.15) is 0 Å². The van der Waals surface area contributed by atoms with Gasteiger partial charge in [0.2, 0.25) is 15.8 Å². The SMILES string of the molecule is COc1ccc(-c2noc(C(=O)O)c2C(C)NS(C)(=O)=O)cc1. The van der Waals surface area contributed by atoms with Gasteiger partial charge in [-0.25, -0.2) is 17.9 Å². The average Bonchev–Trinajstić information content (AvgIpc) is 2.90. The molecule has 1 heterocycles. The van der Waals surface area contributed by atoms with Crippen molar-refractivity contribution in [2.45, 2.75) is 13.0 Å². The molecular weight excluding hydrogens is 324 g/mol. The average molecular weight is 340 g/mol. The van der Waals surface area contributed by atoms with Crippen LogP contribution >= 0.6 is 0 Å². The number of nitrogens with one attached hydrogen (secondary N) is 1. The fraction of sp³-hybridized carbons (Fsp3) is 0.286. The van der Waals surface area contributed by atoms with Gasteiger partial charge in [0.15, 0.2) is 0 Å². The summed E-state index contributed by atoms with van der Waals surface area (Å²) in [4.78, 5) is 11.3. The van der Waals surface area contributed by atoms with Crippen molar-refractivity contribution in [3.63, 3.8) is 0 Å². The summed E-state index contributed by atoms with van der Waals surface area (Å²) < 4.78 is 35.1. The van der Waals surface area contributed by atoms with Crippen molar-refractivity contribution in [1.82, 2.24) is 9.88 Å². The molecule has 0 spiro atoms. The van der Waals surface area contributed by atoms with E-state index in [9.17, 15) is 18.3 Å². The molecule has 8 nitrogen and oxygen atoms in total. The molecule has 0 radical (unpaired) electrons. The normalized spacial score (nSPS) is 12.8. The van der Waals surface area contributed by atoms with E-state index in [2.05, 4.69) is 9.88 Å². The van der Waals surface area contributed by atoms with Crippen LogP contribution in [0.15, 0.2) is 28.8 Å². The standard InChI is InChI=1S/C14H16N2O6S/c1-8(16-23(3,19)20)11-12(15-22-13(11)14(17)18)9-4-6-10(21-2)7-5-9/h4-8,16H,1-3H3,(H,17,18). The number of rotatable bonds is 6. The summed E-state index contributed by atoms with van der Waals surface area (Å²) in [6.07, 6.45) is 0.991. The maximum absolute atomic E-state index is 11.4. The monoisotopic (exact) mass is 340 g/mol. The summed E-state index contributed by atoms with van der Waals surface area (Å²) in [5.74, 6) is -1.10. The summed E-state index contributed by atoms with van der Waals surface area (Å²) in [5.41, 5.74) is 1.00. The van der Waals surface area contributed by atoms with Crippen LogP contribution in [0, 0.1) is 0 Å². The molecule has 1 aromatic heterocycles. The summed E-state index contributed by atoms with van der Waals surface area (Å²) in [6.45, 7) is 1.52. The highest BCUT2D eigenvalue weighted by atomic mass is 32.2. The lowest BCUT2D eigenvalue weighted by molar-refractivity contribution is 0.0649. The van der Waals surface area contributed by atoms with Crippen LogP contribution in [-0.4, -0.2) is 38.0 Å². The van der Waals surface area contributed by atoms with Crippen molar-refractivity contribution in [2.75, 3.05) is 13.4 Å². The summed E-state index contributed by atoms with van der Waals surface area (Å²) >= 11 is 0. The zero-order valence-corrected chi connectivity index (χ0v) is 13.5. The predicted molar refractivity (Wildman–Crippen MR) is 81.8 cm³/mol. The lowest BCUT2D eigenvalue weighted by Crippen LogP contribution is -2.26. The smallest absolute Gasteiger partial charge is 0.375 e. The van der Waals surface area contributed by atoms with Crippen molar-refractivity contribution in [3.8, 4) is 17.0 Å². The predicted octanol–water partition coefficient (Wildman–Crippen LogP) is 1.66. The summed E-state index contributed by atoms with van der Waals surface area (Å²) in [6, 6.07) is 5.91. The number of hydrogen-bond donors (Lipinski definition) is 2. The van der Waals surface area contributed by atoms with Gasteiger partial charge in [0, 0.05) is 5.56 Å². The first-order chi connectivity index (χ1) is 10.7. The van der Waals surface area contributed by atoms with Gasteiger partial charge in [-0.15, -0.1) is 0 Å². The van der Waals surface area contributed by atoms with Crippen molar-refractivity contribution in [1.29, 1.82) is 0 Å². The maximum Gasteiger partial charge on any atom is 0.375 e. The second kappa shape index (κ2) is 6.39. The van der Waals surface area contributed by atoms with E-state index in [4.69, 9.17) is 9.26 Å². The molecule has 0 bridgehead atoms. The second-order valence-electron chi connectivity index (χ2n) is 4.92. The molecule has 9 heteroatoms. The first-order valence-corrected chi connectivity index (χ1v) is 8.46. The van der Waals surface area contributed by atoms with E-state index in [1.807, 2.05) is 0 Å². The van der Waals surface area contributed by atoms with Gasteiger partial charge in [-0.05, 0) is 31.2 Å². The minimum atomic E-state index is -3.53. The highest BCUT2D eigenvalue weighted by Gasteiger charge is 2.28. The number of ether oxygens (including phenoxy) is 1. The van der Waals surface area contributed by atoms with E-state index in [1.165, 1.54) is 14.0 Å². The molecular formula is C14H16N2O6S. The Balaban J connectivity index is 2.53. The molecule has 0 aliphatic rings. The van der Waals surface area contributed by atoms with Crippen LogP contribution in [0.4, 0.5) is 0 Å². The second-order valence-corrected chi connectivity index (χ2v) is 6.70. The molecule has 0 amide bonds. The van der Waals surface area contributed by atoms with E-state index in [0.717, 1.165) is 6.26 Å². The van der Waals surface area contributed by atoms with E-state index in [-0.39, 0.29) is 11.3 Å². The molecule has 2 rings (SSSR count). The zero-order chi connectivity index (χ0) is 17.2. The Bertz CT molecular complexity index is 810. The van der Waals surface area contributed by atoms with Gasteiger partial charge in [0.1, 0.15) is 11.4 Å². The molecule has 1 atom stereocenters. The first kappa shape index (κ1) is 17.0. The third-order valence-electron chi connectivity index (χ3n) is 3.11. The fourth-order valence-corrected chi connectivity index (χ4v) is 2.95. The summed E-state index contributed by atoms with van der Waals surface area (Å²) in [7, 11) is -2.01. The third kappa shape index (κ3) is 3.88. The third-order valence-corrected chi connectivity index (χ3v) is 3.89. The van der Waals surface area contributed by atoms with Crippen LogP contribution in [-0.2, 0) is 10.0 Å². The Kier molecular flexibility index (Phi) is 4.71. The number of benzene rings is 1. The van der Waals surface area contributed by atoms with E-state index >= 15 is 0 Å². The summed E-state index contributed by atoms with van der Waals surface area (Å²) in [5, 5.41) is 13.0. The van der Waals surface area contributed by atoms with Gasteiger partial charge in [0.25, 0.3) is 0 Å². The van der Waals surface area contributed by atoms with Crippen molar-refractivity contribution >= 4 is 16.0 Å². The van der Waals surface area contributed by atoms with Crippen LogP contribution in [0.1, 0.15) is 29.1 Å². The van der Waals surface area contributed by atoms with Gasteiger partial charge in [0.05, 0.1) is 25.0 Å². The minimum Gasteiger partial charge on any atom is -0.497 e. The number of methoxy groups -OCH3 is 1. The lowest BCUT2D eigenvalue weighted by Gasteiger charge is -2.12. The molecule has 1 aromatic carbocycles. The Morgan fingerprint density at radius 3 is 2.43 bits per heavy atom. The Labute approximate surface area is 133 Å². The Morgan fingerprint density at radius 2 is 1.96 bits per heavy atom. The number of carboxylic acid groups (broad SMARTS) is 1. The molecule has 2 N–H and O–H groups in total. The first-order valence-electron chi connectivity index (χ1n) is 6.57. The van der Waals surface area contributed by atoms with E-state index < -0.39 is 27.8 Å². The fourth-order valence-electron chi connectivity index (χ4n) is 2.19. The van der Waals surface area contributed by atoms with E-state index in [1.54, 1.807) is 24.3 Å². The highest BCUT2D eigenvalue weighted by molar-refractivity contribution is 7.88. The minimum absolute atomic E-state index is 0.160. The number of nitrogens with zero attached hydrogens (tertiary/aromatic N) is 1. The molecule has 23 heavy (non-hydrogen) atoms. The molecule has 0 saturated heterocycles. The van der Waals surface area contributed by atoms with Crippen LogP contribution in [0.2, 0.25) is 0 Å². The molecule has 1 unspecified atom stereocenters. The number of aromatic nitrogens is 1. The van der Waals surface area contributed by atoms with Crippen LogP contribution in [0.5, 0.6) is 5.75 Å². The quantitative estimate of drug-likeness (QED) is 0.820. The number of aromatic carboxylic acids is 1. The Morgan fingerprint density at radius 1 is 1.35 bits per heavy atom. The van der Waals surface area contributed by atoms with Crippen LogP contribution < -0.4 is 9.46 Å². The van der Waals surface area contributed by atoms with Crippen LogP contribution in [0.3, 0.4) is 0 Å². The number of sulfonamides is 1.